The normalized spacial score (nSPS) is 10.4. The van der Waals surface area contributed by atoms with Crippen LogP contribution in [0.15, 0.2) is 24.3 Å². The van der Waals surface area contributed by atoms with Gasteiger partial charge in [-0.25, -0.2) is 0 Å². The molecular formula is C15H24N4O2. The summed E-state index contributed by atoms with van der Waals surface area (Å²) in [5.41, 5.74) is 7.00. The number of hydrogen-bond acceptors (Lipinski definition) is 4. The van der Waals surface area contributed by atoms with Gasteiger partial charge < -0.3 is 16.4 Å². The van der Waals surface area contributed by atoms with Crippen molar-refractivity contribution in [2.45, 2.75) is 19.8 Å². The number of likely N-dealkylation sites (N-methyl/N-ethyl adjacent to an activating group) is 2. The molecule has 6 nitrogen and oxygen atoms in total. The number of hydrogen-bond donors (Lipinski definition) is 3. The van der Waals surface area contributed by atoms with E-state index < -0.39 is 0 Å². The van der Waals surface area contributed by atoms with E-state index in [0.29, 0.717) is 25.1 Å². The SMILES string of the molecule is CCN(CCCC(=O)Nc1ccc(N)cc1)CC(=O)NC. The van der Waals surface area contributed by atoms with Crippen LogP contribution >= 0.6 is 0 Å². The van der Waals surface area contributed by atoms with Crippen molar-refractivity contribution in [2.24, 2.45) is 0 Å². The molecule has 0 atom stereocenters. The van der Waals surface area contributed by atoms with E-state index in [9.17, 15) is 9.59 Å². The van der Waals surface area contributed by atoms with Gasteiger partial charge in [-0.05, 0) is 43.8 Å². The molecule has 21 heavy (non-hydrogen) atoms. The van der Waals surface area contributed by atoms with Crippen molar-refractivity contribution < 1.29 is 9.59 Å². The Balaban J connectivity index is 2.29. The Hall–Kier alpha value is -2.08. The largest absolute Gasteiger partial charge is 0.399 e. The van der Waals surface area contributed by atoms with E-state index in [1.54, 1.807) is 31.3 Å². The van der Waals surface area contributed by atoms with E-state index in [-0.39, 0.29) is 11.8 Å². The standard InChI is InChI=1S/C15H24N4O2/c1-3-19(11-15(21)17-2)10-4-5-14(20)18-13-8-6-12(16)7-9-13/h6-9H,3-5,10-11,16H2,1-2H3,(H,17,21)(H,18,20). The number of amides is 2. The number of nitrogens with two attached hydrogens (primary N) is 1. The molecule has 6 heteroatoms. The fourth-order valence-electron chi connectivity index (χ4n) is 1.88. The Kier molecular flexibility index (Phi) is 7.25. The fourth-order valence-corrected chi connectivity index (χ4v) is 1.88. The average Bonchev–Trinajstić information content (AvgIpc) is 2.48. The number of anilines is 2. The third kappa shape index (κ3) is 6.76. The molecule has 0 saturated carbocycles. The number of benzene rings is 1. The van der Waals surface area contributed by atoms with Crippen LogP contribution in [0.3, 0.4) is 0 Å². The zero-order valence-corrected chi connectivity index (χ0v) is 12.7. The summed E-state index contributed by atoms with van der Waals surface area (Å²) in [5.74, 6) is -0.0426. The van der Waals surface area contributed by atoms with Gasteiger partial charge in [-0.2, -0.15) is 0 Å². The minimum absolute atomic E-state index is 0.0109. The summed E-state index contributed by atoms with van der Waals surface area (Å²) in [4.78, 5) is 25.1. The summed E-state index contributed by atoms with van der Waals surface area (Å²) in [7, 11) is 1.62. The van der Waals surface area contributed by atoms with Crippen LogP contribution in [0.1, 0.15) is 19.8 Å². The Morgan fingerprint density at radius 3 is 2.43 bits per heavy atom. The molecule has 1 aromatic rings. The van der Waals surface area contributed by atoms with E-state index in [1.807, 2.05) is 11.8 Å². The summed E-state index contributed by atoms with van der Waals surface area (Å²) in [6, 6.07) is 7.05. The van der Waals surface area contributed by atoms with Crippen LogP contribution < -0.4 is 16.4 Å². The first-order chi connectivity index (χ1) is 10.0. The van der Waals surface area contributed by atoms with Crippen LogP contribution in [0, 0.1) is 0 Å². The summed E-state index contributed by atoms with van der Waals surface area (Å²) >= 11 is 0. The predicted molar refractivity (Wildman–Crippen MR) is 84.9 cm³/mol. The molecule has 116 valence electrons. The Morgan fingerprint density at radius 2 is 1.86 bits per heavy atom. The lowest BCUT2D eigenvalue weighted by molar-refractivity contribution is -0.121. The maximum atomic E-state index is 11.8. The molecule has 0 aliphatic heterocycles. The third-order valence-corrected chi connectivity index (χ3v) is 3.17. The van der Waals surface area contributed by atoms with E-state index >= 15 is 0 Å². The van der Waals surface area contributed by atoms with Crippen molar-refractivity contribution in [1.82, 2.24) is 10.2 Å². The lowest BCUT2D eigenvalue weighted by atomic mass is 10.2. The molecule has 0 spiro atoms. The van der Waals surface area contributed by atoms with E-state index in [0.717, 1.165) is 18.8 Å². The maximum absolute atomic E-state index is 11.8. The Morgan fingerprint density at radius 1 is 1.19 bits per heavy atom. The van der Waals surface area contributed by atoms with Crippen molar-refractivity contribution in [3.8, 4) is 0 Å². The molecule has 0 bridgehead atoms. The van der Waals surface area contributed by atoms with Gasteiger partial charge in [-0.15, -0.1) is 0 Å². The number of nitrogen functional groups attached to an aromatic ring is 1. The first-order valence-electron chi connectivity index (χ1n) is 7.13. The van der Waals surface area contributed by atoms with Crippen molar-refractivity contribution in [3.05, 3.63) is 24.3 Å². The van der Waals surface area contributed by atoms with Crippen LogP contribution in [0.2, 0.25) is 0 Å². The van der Waals surface area contributed by atoms with Crippen molar-refractivity contribution >= 4 is 23.2 Å². The van der Waals surface area contributed by atoms with E-state index in [4.69, 9.17) is 5.73 Å². The highest BCUT2D eigenvalue weighted by atomic mass is 16.2. The monoisotopic (exact) mass is 292 g/mol. The Labute approximate surface area is 125 Å². The molecule has 1 aromatic carbocycles. The van der Waals surface area contributed by atoms with Gasteiger partial charge in [-0.3, -0.25) is 14.5 Å². The molecule has 4 N–H and O–H groups in total. The first-order valence-corrected chi connectivity index (χ1v) is 7.13. The van der Waals surface area contributed by atoms with Crippen LogP contribution in [-0.4, -0.2) is 43.4 Å². The molecule has 0 heterocycles. The van der Waals surface area contributed by atoms with Gasteiger partial charge in [0, 0.05) is 24.8 Å². The second-order valence-electron chi connectivity index (χ2n) is 4.82. The molecule has 0 aliphatic rings. The molecule has 2 amide bonds. The smallest absolute Gasteiger partial charge is 0.233 e. The first kappa shape index (κ1) is 17.0. The molecule has 0 aliphatic carbocycles. The van der Waals surface area contributed by atoms with Gasteiger partial charge >= 0.3 is 0 Å². The van der Waals surface area contributed by atoms with Gasteiger partial charge in [0.05, 0.1) is 6.54 Å². The molecule has 0 aromatic heterocycles. The van der Waals surface area contributed by atoms with Crippen molar-refractivity contribution in [1.29, 1.82) is 0 Å². The number of rotatable bonds is 8. The fraction of sp³-hybridized carbons (Fsp3) is 0.467. The summed E-state index contributed by atoms with van der Waals surface area (Å²) in [6.45, 7) is 3.87. The summed E-state index contributed by atoms with van der Waals surface area (Å²) in [6.07, 6.45) is 1.14. The highest BCUT2D eigenvalue weighted by Gasteiger charge is 2.08. The topological polar surface area (TPSA) is 87.5 Å². The van der Waals surface area contributed by atoms with Crippen LogP contribution in [-0.2, 0) is 9.59 Å². The van der Waals surface area contributed by atoms with E-state index in [1.165, 1.54) is 0 Å². The molecular weight excluding hydrogens is 268 g/mol. The second-order valence-corrected chi connectivity index (χ2v) is 4.82. The quantitative estimate of drug-likeness (QED) is 0.625. The van der Waals surface area contributed by atoms with Crippen LogP contribution in [0.5, 0.6) is 0 Å². The Bertz CT molecular complexity index is 459. The zero-order valence-electron chi connectivity index (χ0n) is 12.7. The number of carbonyl (C=O) groups excluding carboxylic acids is 2. The van der Waals surface area contributed by atoms with Crippen molar-refractivity contribution in [3.63, 3.8) is 0 Å². The number of carbonyl (C=O) groups is 2. The second kappa shape index (κ2) is 8.97. The summed E-state index contributed by atoms with van der Waals surface area (Å²) in [5, 5.41) is 5.42. The van der Waals surface area contributed by atoms with Crippen molar-refractivity contribution in [2.75, 3.05) is 37.7 Å². The highest BCUT2D eigenvalue weighted by molar-refractivity contribution is 5.90. The minimum Gasteiger partial charge on any atom is -0.399 e. The van der Waals surface area contributed by atoms with Crippen LogP contribution in [0.4, 0.5) is 11.4 Å². The van der Waals surface area contributed by atoms with Gasteiger partial charge in [0.2, 0.25) is 11.8 Å². The average molecular weight is 292 g/mol. The summed E-state index contributed by atoms with van der Waals surface area (Å²) < 4.78 is 0. The molecule has 0 saturated heterocycles. The van der Waals surface area contributed by atoms with Gasteiger partial charge in [0.15, 0.2) is 0 Å². The zero-order chi connectivity index (χ0) is 15.7. The lowest BCUT2D eigenvalue weighted by Gasteiger charge is -2.18. The molecule has 0 radical (unpaired) electrons. The van der Waals surface area contributed by atoms with Crippen LogP contribution in [0.25, 0.3) is 0 Å². The predicted octanol–water partition coefficient (Wildman–Crippen LogP) is 1.06. The lowest BCUT2D eigenvalue weighted by Crippen LogP contribution is -2.36. The molecule has 0 fully saturated rings. The number of nitrogens with one attached hydrogen (secondary N) is 2. The third-order valence-electron chi connectivity index (χ3n) is 3.17. The molecule has 1 rings (SSSR count). The number of nitrogens with zero attached hydrogens (tertiary/aromatic N) is 1. The maximum Gasteiger partial charge on any atom is 0.233 e. The molecule has 0 unspecified atom stereocenters. The highest BCUT2D eigenvalue weighted by Crippen LogP contribution is 2.11. The van der Waals surface area contributed by atoms with Gasteiger partial charge in [0.1, 0.15) is 0 Å². The van der Waals surface area contributed by atoms with Gasteiger partial charge in [0.25, 0.3) is 0 Å². The van der Waals surface area contributed by atoms with E-state index in [2.05, 4.69) is 10.6 Å². The van der Waals surface area contributed by atoms with Gasteiger partial charge in [-0.1, -0.05) is 6.92 Å². The minimum atomic E-state index is -0.0317.